The quantitative estimate of drug-likeness (QED) is 0.934. The molecule has 2 rings (SSSR count). The summed E-state index contributed by atoms with van der Waals surface area (Å²) in [6.45, 7) is 0.353. The minimum atomic E-state index is -0.327. The van der Waals surface area contributed by atoms with Crippen LogP contribution in [0.2, 0.25) is 0 Å². The number of hydrogen-bond donors (Lipinski definition) is 1. The minimum Gasteiger partial charge on any atom is -0.457 e. The number of hydrogen-bond acceptors (Lipinski definition) is 2. The van der Waals surface area contributed by atoms with Gasteiger partial charge in [0.1, 0.15) is 17.3 Å². The summed E-state index contributed by atoms with van der Waals surface area (Å²) in [5.41, 5.74) is 6.51. The largest absolute Gasteiger partial charge is 0.457 e. The van der Waals surface area contributed by atoms with Crippen molar-refractivity contribution < 1.29 is 9.13 Å². The Morgan fingerprint density at radius 2 is 1.94 bits per heavy atom. The standard InChI is InChI=1S/C13H11BrFNO/c14-12-5-2-6-13(11(12)8-16)17-10-4-1-3-9(15)7-10/h1-7H,8,16H2. The molecule has 0 aliphatic heterocycles. The van der Waals surface area contributed by atoms with Gasteiger partial charge < -0.3 is 10.5 Å². The van der Waals surface area contributed by atoms with Gasteiger partial charge >= 0.3 is 0 Å². The number of benzene rings is 2. The van der Waals surface area contributed by atoms with Gasteiger partial charge in [0.05, 0.1) is 0 Å². The van der Waals surface area contributed by atoms with E-state index in [1.807, 2.05) is 12.1 Å². The van der Waals surface area contributed by atoms with Gasteiger partial charge in [-0.25, -0.2) is 4.39 Å². The van der Waals surface area contributed by atoms with E-state index in [1.165, 1.54) is 12.1 Å². The first kappa shape index (κ1) is 12.1. The molecule has 2 nitrogen and oxygen atoms in total. The van der Waals surface area contributed by atoms with E-state index in [0.717, 1.165) is 10.0 Å². The van der Waals surface area contributed by atoms with Gasteiger partial charge in [0.2, 0.25) is 0 Å². The van der Waals surface area contributed by atoms with Gasteiger partial charge in [-0.15, -0.1) is 0 Å². The molecule has 0 aliphatic carbocycles. The van der Waals surface area contributed by atoms with E-state index >= 15 is 0 Å². The summed E-state index contributed by atoms with van der Waals surface area (Å²) in [6.07, 6.45) is 0. The maximum absolute atomic E-state index is 13.0. The second kappa shape index (κ2) is 5.29. The van der Waals surface area contributed by atoms with Crippen LogP contribution in [0.4, 0.5) is 4.39 Å². The average molecular weight is 296 g/mol. The second-order valence-corrected chi connectivity index (χ2v) is 4.33. The molecule has 0 radical (unpaired) electrons. The molecule has 0 spiro atoms. The lowest BCUT2D eigenvalue weighted by Crippen LogP contribution is -2.00. The molecule has 0 amide bonds. The molecular formula is C13H11BrFNO. The van der Waals surface area contributed by atoms with Gasteiger partial charge in [0.25, 0.3) is 0 Å². The summed E-state index contributed by atoms with van der Waals surface area (Å²) < 4.78 is 19.5. The summed E-state index contributed by atoms with van der Waals surface area (Å²) in [5, 5.41) is 0. The zero-order valence-electron chi connectivity index (χ0n) is 8.99. The van der Waals surface area contributed by atoms with Gasteiger partial charge in [-0.1, -0.05) is 28.1 Å². The number of halogens is 2. The molecule has 0 fully saturated rings. The van der Waals surface area contributed by atoms with E-state index in [4.69, 9.17) is 10.5 Å². The third-order valence-electron chi connectivity index (χ3n) is 2.30. The van der Waals surface area contributed by atoms with Crippen LogP contribution in [0, 0.1) is 5.82 Å². The Balaban J connectivity index is 2.33. The van der Waals surface area contributed by atoms with Crippen LogP contribution < -0.4 is 10.5 Å². The highest BCUT2D eigenvalue weighted by molar-refractivity contribution is 9.10. The topological polar surface area (TPSA) is 35.2 Å². The van der Waals surface area contributed by atoms with Crippen LogP contribution in [0.25, 0.3) is 0 Å². The van der Waals surface area contributed by atoms with Crippen molar-refractivity contribution in [3.63, 3.8) is 0 Å². The Morgan fingerprint density at radius 3 is 2.65 bits per heavy atom. The molecule has 0 unspecified atom stereocenters. The van der Waals surface area contributed by atoms with E-state index in [-0.39, 0.29) is 5.82 Å². The Hall–Kier alpha value is -1.39. The molecule has 0 heterocycles. The van der Waals surface area contributed by atoms with Crippen LogP contribution in [0.5, 0.6) is 11.5 Å². The summed E-state index contributed by atoms with van der Waals surface area (Å²) >= 11 is 3.40. The first-order valence-electron chi connectivity index (χ1n) is 5.11. The number of ether oxygens (including phenoxy) is 1. The predicted molar refractivity (Wildman–Crippen MR) is 68.5 cm³/mol. The Kier molecular flexibility index (Phi) is 3.76. The van der Waals surface area contributed by atoms with E-state index in [9.17, 15) is 4.39 Å². The first-order valence-corrected chi connectivity index (χ1v) is 5.91. The van der Waals surface area contributed by atoms with E-state index in [0.29, 0.717) is 18.0 Å². The van der Waals surface area contributed by atoms with Crippen LogP contribution in [0.15, 0.2) is 46.9 Å². The first-order chi connectivity index (χ1) is 8.20. The van der Waals surface area contributed by atoms with Crippen molar-refractivity contribution in [2.75, 3.05) is 0 Å². The summed E-state index contributed by atoms with van der Waals surface area (Å²) in [5.74, 6) is 0.761. The highest BCUT2D eigenvalue weighted by Gasteiger charge is 2.07. The molecule has 0 saturated heterocycles. The normalized spacial score (nSPS) is 10.3. The smallest absolute Gasteiger partial charge is 0.133 e. The monoisotopic (exact) mass is 295 g/mol. The van der Waals surface area contributed by atoms with Gasteiger partial charge in [-0.2, -0.15) is 0 Å². The number of nitrogens with two attached hydrogens (primary N) is 1. The van der Waals surface area contributed by atoms with Crippen LogP contribution in [-0.4, -0.2) is 0 Å². The lowest BCUT2D eigenvalue weighted by atomic mass is 10.2. The van der Waals surface area contributed by atoms with Crippen molar-refractivity contribution in [1.29, 1.82) is 0 Å². The van der Waals surface area contributed by atoms with Crippen molar-refractivity contribution in [3.8, 4) is 11.5 Å². The molecule has 0 aromatic heterocycles. The van der Waals surface area contributed by atoms with Crippen LogP contribution in [0.1, 0.15) is 5.56 Å². The summed E-state index contributed by atoms with van der Waals surface area (Å²) in [4.78, 5) is 0. The molecule has 0 atom stereocenters. The average Bonchev–Trinajstić information content (AvgIpc) is 2.29. The summed E-state index contributed by atoms with van der Waals surface area (Å²) in [7, 11) is 0. The molecule has 2 N–H and O–H groups in total. The predicted octanol–water partition coefficient (Wildman–Crippen LogP) is 3.84. The van der Waals surface area contributed by atoms with E-state index < -0.39 is 0 Å². The molecular weight excluding hydrogens is 285 g/mol. The van der Waals surface area contributed by atoms with Gasteiger partial charge in [-0.3, -0.25) is 0 Å². The van der Waals surface area contributed by atoms with Crippen molar-refractivity contribution in [1.82, 2.24) is 0 Å². The molecule has 4 heteroatoms. The molecule has 0 aliphatic rings. The highest BCUT2D eigenvalue weighted by atomic mass is 79.9. The van der Waals surface area contributed by atoms with Crippen molar-refractivity contribution in [3.05, 3.63) is 58.3 Å². The fourth-order valence-corrected chi connectivity index (χ4v) is 2.00. The summed E-state index contributed by atoms with van der Waals surface area (Å²) in [6, 6.07) is 11.5. The van der Waals surface area contributed by atoms with Crippen molar-refractivity contribution in [2.45, 2.75) is 6.54 Å². The van der Waals surface area contributed by atoms with Gasteiger partial charge in [-0.05, 0) is 24.3 Å². The lowest BCUT2D eigenvalue weighted by Gasteiger charge is -2.11. The molecule has 17 heavy (non-hydrogen) atoms. The molecule has 88 valence electrons. The zero-order chi connectivity index (χ0) is 12.3. The molecule has 2 aromatic rings. The fraction of sp³-hybridized carbons (Fsp3) is 0.0769. The molecule has 2 aromatic carbocycles. The van der Waals surface area contributed by atoms with Gasteiger partial charge in [0.15, 0.2) is 0 Å². The second-order valence-electron chi connectivity index (χ2n) is 3.48. The van der Waals surface area contributed by atoms with Gasteiger partial charge in [0, 0.05) is 22.6 Å². The minimum absolute atomic E-state index is 0.327. The maximum Gasteiger partial charge on any atom is 0.133 e. The third-order valence-corrected chi connectivity index (χ3v) is 3.05. The maximum atomic E-state index is 13.0. The van der Waals surface area contributed by atoms with Crippen LogP contribution in [-0.2, 0) is 6.54 Å². The fourth-order valence-electron chi connectivity index (χ4n) is 1.49. The zero-order valence-corrected chi connectivity index (χ0v) is 10.6. The SMILES string of the molecule is NCc1c(Br)cccc1Oc1cccc(F)c1. The van der Waals surface area contributed by atoms with E-state index in [2.05, 4.69) is 15.9 Å². The van der Waals surface area contributed by atoms with E-state index in [1.54, 1.807) is 18.2 Å². The van der Waals surface area contributed by atoms with Crippen LogP contribution in [0.3, 0.4) is 0 Å². The van der Waals surface area contributed by atoms with Crippen molar-refractivity contribution >= 4 is 15.9 Å². The Morgan fingerprint density at radius 1 is 1.18 bits per heavy atom. The Labute approximate surface area is 107 Å². The molecule has 0 saturated carbocycles. The number of rotatable bonds is 3. The highest BCUT2D eigenvalue weighted by Crippen LogP contribution is 2.30. The lowest BCUT2D eigenvalue weighted by molar-refractivity contribution is 0.470. The third kappa shape index (κ3) is 2.84. The molecule has 0 bridgehead atoms. The van der Waals surface area contributed by atoms with Crippen LogP contribution >= 0.6 is 15.9 Å². The van der Waals surface area contributed by atoms with Crippen molar-refractivity contribution in [2.24, 2.45) is 5.73 Å². The Bertz CT molecular complexity index is 531.